The van der Waals surface area contributed by atoms with Crippen LogP contribution < -0.4 is 5.32 Å². The number of alkyl halides is 4. The van der Waals surface area contributed by atoms with Crippen molar-refractivity contribution in [2.75, 3.05) is 11.9 Å². The zero-order chi connectivity index (χ0) is 13.9. The fourth-order valence-corrected chi connectivity index (χ4v) is 1.71. The van der Waals surface area contributed by atoms with Crippen molar-refractivity contribution in [3.8, 4) is 0 Å². The van der Waals surface area contributed by atoms with E-state index in [4.69, 9.17) is 5.11 Å². The Balaban J connectivity index is 2.92. The van der Waals surface area contributed by atoms with Gasteiger partial charge in [-0.25, -0.2) is 13.6 Å². The molecule has 0 amide bonds. The van der Waals surface area contributed by atoms with Crippen molar-refractivity contribution in [2.24, 2.45) is 0 Å². The molecular weight excluding hydrogens is 322 g/mol. The Morgan fingerprint density at radius 3 is 2.56 bits per heavy atom. The van der Waals surface area contributed by atoms with E-state index in [1.54, 1.807) is 0 Å². The van der Waals surface area contributed by atoms with Gasteiger partial charge in [-0.15, -0.1) is 0 Å². The zero-order valence-electron chi connectivity index (χ0n) is 8.76. The lowest BCUT2D eigenvalue weighted by molar-refractivity contribution is -0.117. The van der Waals surface area contributed by atoms with Gasteiger partial charge in [0.05, 0.1) is 17.8 Å². The molecule has 18 heavy (non-hydrogen) atoms. The Bertz CT molecular complexity index is 454. The molecule has 1 aromatic carbocycles. The molecule has 1 rings (SSSR count). The summed E-state index contributed by atoms with van der Waals surface area (Å²) in [6.07, 6.45) is -3.81. The maximum Gasteiger partial charge on any atom is 0.338 e. The molecule has 3 nitrogen and oxygen atoms in total. The third-order valence-electron chi connectivity index (χ3n) is 2.06. The van der Waals surface area contributed by atoms with Gasteiger partial charge in [0.25, 0.3) is 0 Å². The van der Waals surface area contributed by atoms with E-state index in [1.165, 1.54) is 18.2 Å². The Morgan fingerprint density at radius 2 is 2.06 bits per heavy atom. The highest BCUT2D eigenvalue weighted by Gasteiger charge is 2.40. The predicted octanol–water partition coefficient (Wildman–Crippen LogP) is 3.46. The zero-order valence-corrected chi connectivity index (χ0v) is 10.3. The number of carbonyl (C=O) groups is 1. The molecule has 0 saturated heterocycles. The first-order valence-corrected chi connectivity index (χ1v) is 5.46. The fourth-order valence-electron chi connectivity index (χ4n) is 1.18. The molecule has 0 spiro atoms. The molecule has 0 aliphatic carbocycles. The van der Waals surface area contributed by atoms with Gasteiger partial charge < -0.3 is 10.4 Å². The molecule has 0 aromatic heterocycles. The predicted molar refractivity (Wildman–Crippen MR) is 60.5 cm³/mol. The lowest BCUT2D eigenvalue weighted by Gasteiger charge is -2.17. The second kappa shape index (κ2) is 5.55. The second-order valence-electron chi connectivity index (χ2n) is 3.38. The first-order valence-electron chi connectivity index (χ1n) is 4.67. The number of nitrogens with one attached hydrogen (secondary N) is 1. The van der Waals surface area contributed by atoms with Crippen LogP contribution in [0, 0.1) is 0 Å². The summed E-state index contributed by atoms with van der Waals surface area (Å²) >= 11 is 2.94. The van der Waals surface area contributed by atoms with Crippen LogP contribution in [0.4, 0.5) is 23.2 Å². The minimum absolute atomic E-state index is 0.155. The van der Waals surface area contributed by atoms with Gasteiger partial charge in [-0.3, -0.25) is 0 Å². The summed E-state index contributed by atoms with van der Waals surface area (Å²) in [7, 11) is 0. The maximum absolute atomic E-state index is 12.7. The van der Waals surface area contributed by atoms with Crippen LogP contribution in [0.3, 0.4) is 0 Å². The molecule has 0 aliphatic rings. The lowest BCUT2D eigenvalue weighted by atomic mass is 10.1. The SMILES string of the molecule is O=C(O)c1c(Br)cccc1NCC(F)(F)C(F)F. The molecule has 2 N–H and O–H groups in total. The molecule has 0 unspecified atom stereocenters. The van der Waals surface area contributed by atoms with Gasteiger partial charge >= 0.3 is 18.3 Å². The molecule has 8 heteroatoms. The average Bonchev–Trinajstić information content (AvgIpc) is 2.25. The maximum atomic E-state index is 12.7. The number of hydrogen-bond donors (Lipinski definition) is 2. The summed E-state index contributed by atoms with van der Waals surface area (Å²) in [6, 6.07) is 4.02. The Hall–Kier alpha value is -1.31. The molecule has 0 atom stereocenters. The minimum Gasteiger partial charge on any atom is -0.478 e. The molecule has 0 aliphatic heterocycles. The van der Waals surface area contributed by atoms with Crippen LogP contribution in [0.25, 0.3) is 0 Å². The van der Waals surface area contributed by atoms with E-state index in [-0.39, 0.29) is 15.7 Å². The van der Waals surface area contributed by atoms with Crippen molar-refractivity contribution in [1.29, 1.82) is 0 Å². The largest absolute Gasteiger partial charge is 0.478 e. The highest BCUT2D eigenvalue weighted by atomic mass is 79.9. The molecule has 0 radical (unpaired) electrons. The lowest BCUT2D eigenvalue weighted by Crippen LogP contribution is -2.35. The van der Waals surface area contributed by atoms with Gasteiger partial charge in [0.2, 0.25) is 0 Å². The standard InChI is InChI=1S/C10H8BrF4NO2/c11-5-2-1-3-6(7(5)8(17)18)16-4-10(14,15)9(12)13/h1-3,9,16H,4H2,(H,17,18). The fraction of sp³-hybridized carbons (Fsp3) is 0.300. The molecule has 100 valence electrons. The third-order valence-corrected chi connectivity index (χ3v) is 2.72. The van der Waals surface area contributed by atoms with Gasteiger partial charge in [0, 0.05) is 4.47 Å². The van der Waals surface area contributed by atoms with Crippen LogP contribution >= 0.6 is 15.9 Å². The molecule has 0 saturated carbocycles. The second-order valence-corrected chi connectivity index (χ2v) is 4.24. The van der Waals surface area contributed by atoms with E-state index in [0.29, 0.717) is 0 Å². The Labute approximate surface area is 108 Å². The minimum atomic E-state index is -4.22. The Kier molecular flexibility index (Phi) is 4.55. The van der Waals surface area contributed by atoms with Crippen molar-refractivity contribution < 1.29 is 27.5 Å². The van der Waals surface area contributed by atoms with Crippen LogP contribution in [0.5, 0.6) is 0 Å². The molecule has 0 bridgehead atoms. The van der Waals surface area contributed by atoms with Crippen LogP contribution in [0.15, 0.2) is 22.7 Å². The van der Waals surface area contributed by atoms with E-state index in [1.807, 2.05) is 5.32 Å². The number of hydrogen-bond acceptors (Lipinski definition) is 2. The smallest absolute Gasteiger partial charge is 0.338 e. The molecular formula is C10H8BrF4NO2. The highest BCUT2D eigenvalue weighted by molar-refractivity contribution is 9.10. The molecule has 0 fully saturated rings. The number of aromatic carboxylic acids is 1. The number of carboxylic acid groups (broad SMARTS) is 1. The monoisotopic (exact) mass is 329 g/mol. The van der Waals surface area contributed by atoms with E-state index >= 15 is 0 Å². The molecule has 1 aromatic rings. The number of rotatable bonds is 5. The highest BCUT2D eigenvalue weighted by Crippen LogP contribution is 2.27. The summed E-state index contributed by atoms with van der Waals surface area (Å²) in [4.78, 5) is 10.9. The van der Waals surface area contributed by atoms with Gasteiger partial charge in [0.1, 0.15) is 0 Å². The number of benzene rings is 1. The van der Waals surface area contributed by atoms with Crippen molar-refractivity contribution in [3.63, 3.8) is 0 Å². The summed E-state index contributed by atoms with van der Waals surface area (Å²) in [5.74, 6) is -5.58. The third kappa shape index (κ3) is 3.34. The number of carboxylic acids is 1. The van der Waals surface area contributed by atoms with Crippen molar-refractivity contribution in [2.45, 2.75) is 12.3 Å². The first-order chi connectivity index (χ1) is 8.25. The normalized spacial score (nSPS) is 11.7. The average molecular weight is 330 g/mol. The number of anilines is 1. The van der Waals surface area contributed by atoms with Crippen LogP contribution in [0.2, 0.25) is 0 Å². The van der Waals surface area contributed by atoms with Crippen LogP contribution in [0.1, 0.15) is 10.4 Å². The van der Waals surface area contributed by atoms with Crippen LogP contribution in [-0.4, -0.2) is 30.0 Å². The van der Waals surface area contributed by atoms with E-state index in [9.17, 15) is 22.4 Å². The summed E-state index contributed by atoms with van der Waals surface area (Å²) < 4.78 is 49.4. The summed E-state index contributed by atoms with van der Waals surface area (Å²) in [5, 5.41) is 10.9. The summed E-state index contributed by atoms with van der Waals surface area (Å²) in [6.45, 7) is -1.35. The van der Waals surface area contributed by atoms with Gasteiger partial charge in [0.15, 0.2) is 0 Å². The van der Waals surface area contributed by atoms with Gasteiger partial charge in [-0.05, 0) is 28.1 Å². The molecule has 0 heterocycles. The van der Waals surface area contributed by atoms with Crippen molar-refractivity contribution >= 4 is 27.6 Å². The van der Waals surface area contributed by atoms with Crippen LogP contribution in [-0.2, 0) is 0 Å². The quantitative estimate of drug-likeness (QED) is 0.813. The van der Waals surface area contributed by atoms with Crippen molar-refractivity contribution in [1.82, 2.24) is 0 Å². The summed E-state index contributed by atoms with van der Waals surface area (Å²) in [5.41, 5.74) is -0.445. The van der Waals surface area contributed by atoms with E-state index < -0.39 is 24.9 Å². The van der Waals surface area contributed by atoms with Gasteiger partial charge in [-0.1, -0.05) is 6.07 Å². The Morgan fingerprint density at radius 1 is 1.44 bits per heavy atom. The topological polar surface area (TPSA) is 49.3 Å². The van der Waals surface area contributed by atoms with E-state index in [0.717, 1.165) is 0 Å². The van der Waals surface area contributed by atoms with Gasteiger partial charge in [-0.2, -0.15) is 8.78 Å². The van der Waals surface area contributed by atoms with Crippen molar-refractivity contribution in [3.05, 3.63) is 28.2 Å². The first kappa shape index (κ1) is 14.7. The number of halogens is 5. The van der Waals surface area contributed by atoms with E-state index in [2.05, 4.69) is 15.9 Å².